The summed E-state index contributed by atoms with van der Waals surface area (Å²) in [5.41, 5.74) is 0. The fraction of sp³-hybridized carbons (Fsp3) is 0.778. The minimum Gasteiger partial charge on any atom is -0.465 e. The molecule has 3 nitrogen and oxygen atoms in total. The normalized spacial score (nSPS) is 23.8. The van der Waals surface area contributed by atoms with Crippen LogP contribution in [0.15, 0.2) is 0 Å². The maximum atomic E-state index is 11.2. The third-order valence-electron chi connectivity index (χ3n) is 2.17. The van der Waals surface area contributed by atoms with Crippen LogP contribution in [0.25, 0.3) is 0 Å². The average Bonchev–Trinajstić information content (AvgIpc) is 2.03. The molecule has 1 rings (SSSR count). The number of ether oxygens (including phenoxy) is 1. The summed E-state index contributed by atoms with van der Waals surface area (Å²) in [5.74, 6) is -0.0708. The Labute approximate surface area is 72.1 Å². The summed E-state index contributed by atoms with van der Waals surface area (Å²) in [4.78, 5) is 21.7. The van der Waals surface area contributed by atoms with E-state index in [1.165, 1.54) is 6.92 Å². The molecule has 1 fully saturated rings. The Balaban J connectivity index is 2.29. The number of ketones is 1. The van der Waals surface area contributed by atoms with Crippen molar-refractivity contribution in [1.82, 2.24) is 0 Å². The summed E-state index contributed by atoms with van der Waals surface area (Å²) in [6.07, 6.45) is 3.62. The van der Waals surface area contributed by atoms with Gasteiger partial charge in [0.2, 0.25) is 0 Å². The van der Waals surface area contributed by atoms with Crippen LogP contribution in [0.2, 0.25) is 0 Å². The molecule has 1 unspecified atom stereocenters. The highest BCUT2D eigenvalue weighted by Gasteiger charge is 2.22. The van der Waals surface area contributed by atoms with Gasteiger partial charge in [0.15, 0.2) is 0 Å². The van der Waals surface area contributed by atoms with E-state index in [1.54, 1.807) is 0 Å². The first-order valence-corrected chi connectivity index (χ1v) is 4.36. The van der Waals surface area contributed by atoms with Crippen LogP contribution in [0.1, 0.15) is 32.6 Å². The summed E-state index contributed by atoms with van der Waals surface area (Å²) in [6.45, 7) is 1.65. The molecule has 0 radical (unpaired) electrons. The Kier molecular flexibility index (Phi) is 3.26. The number of rotatable bonds is 2. The molecule has 0 spiro atoms. The van der Waals surface area contributed by atoms with Gasteiger partial charge in [0.1, 0.15) is 12.4 Å². The molecule has 1 saturated carbocycles. The third kappa shape index (κ3) is 2.64. The Morgan fingerprint density at radius 3 is 2.92 bits per heavy atom. The molecular formula is C9H14O3. The first kappa shape index (κ1) is 9.23. The molecule has 0 aromatic heterocycles. The van der Waals surface area contributed by atoms with Crippen LogP contribution >= 0.6 is 0 Å². The number of hydrogen-bond acceptors (Lipinski definition) is 3. The van der Waals surface area contributed by atoms with Crippen LogP contribution in [0.4, 0.5) is 0 Å². The molecule has 1 aliphatic rings. The van der Waals surface area contributed by atoms with Gasteiger partial charge in [-0.05, 0) is 12.8 Å². The SMILES string of the molecule is CC(=O)OCC1CCCCC1=O. The first-order valence-electron chi connectivity index (χ1n) is 4.36. The van der Waals surface area contributed by atoms with E-state index in [0.29, 0.717) is 6.42 Å². The maximum Gasteiger partial charge on any atom is 0.302 e. The summed E-state index contributed by atoms with van der Waals surface area (Å²) in [6, 6.07) is 0. The number of esters is 1. The van der Waals surface area contributed by atoms with Crippen LogP contribution in [0.3, 0.4) is 0 Å². The summed E-state index contributed by atoms with van der Waals surface area (Å²) in [7, 11) is 0. The lowest BCUT2D eigenvalue weighted by atomic mass is 9.89. The lowest BCUT2D eigenvalue weighted by Gasteiger charge is -2.19. The van der Waals surface area contributed by atoms with Gasteiger partial charge in [0, 0.05) is 13.3 Å². The van der Waals surface area contributed by atoms with Crippen molar-refractivity contribution >= 4 is 11.8 Å². The van der Waals surface area contributed by atoms with Crippen molar-refractivity contribution in [3.63, 3.8) is 0 Å². The predicted molar refractivity (Wildman–Crippen MR) is 43.6 cm³/mol. The van der Waals surface area contributed by atoms with Crippen molar-refractivity contribution in [2.75, 3.05) is 6.61 Å². The topological polar surface area (TPSA) is 43.4 Å². The minimum absolute atomic E-state index is 0.0253. The summed E-state index contributed by atoms with van der Waals surface area (Å²) < 4.78 is 4.79. The van der Waals surface area contributed by atoms with Gasteiger partial charge in [-0.1, -0.05) is 6.42 Å². The molecule has 3 heteroatoms. The molecular weight excluding hydrogens is 156 g/mol. The van der Waals surface area contributed by atoms with Gasteiger partial charge in [-0.3, -0.25) is 9.59 Å². The Morgan fingerprint density at radius 2 is 2.33 bits per heavy atom. The van der Waals surface area contributed by atoms with Crippen LogP contribution in [0.5, 0.6) is 0 Å². The predicted octanol–water partition coefficient (Wildman–Crippen LogP) is 1.31. The zero-order valence-corrected chi connectivity index (χ0v) is 7.34. The standard InChI is InChI=1S/C9H14O3/c1-7(10)12-6-8-4-2-3-5-9(8)11/h8H,2-6H2,1H3. The number of hydrogen-bond donors (Lipinski definition) is 0. The number of carbonyl (C=O) groups excluding carboxylic acids is 2. The molecule has 1 atom stereocenters. The molecule has 0 bridgehead atoms. The molecule has 0 heterocycles. The van der Waals surface area contributed by atoms with Crippen molar-refractivity contribution < 1.29 is 14.3 Å². The molecule has 1 aliphatic carbocycles. The highest BCUT2D eigenvalue weighted by atomic mass is 16.5. The molecule has 0 aromatic carbocycles. The van der Waals surface area contributed by atoms with Gasteiger partial charge in [-0.25, -0.2) is 0 Å². The highest BCUT2D eigenvalue weighted by Crippen LogP contribution is 2.20. The molecule has 0 aliphatic heterocycles. The van der Waals surface area contributed by atoms with Crippen molar-refractivity contribution in [1.29, 1.82) is 0 Å². The smallest absolute Gasteiger partial charge is 0.302 e. The van der Waals surface area contributed by atoms with Gasteiger partial charge in [0.05, 0.1) is 5.92 Å². The van der Waals surface area contributed by atoms with Gasteiger partial charge < -0.3 is 4.74 Å². The molecule has 0 aromatic rings. The van der Waals surface area contributed by atoms with E-state index in [0.717, 1.165) is 19.3 Å². The van der Waals surface area contributed by atoms with E-state index in [1.807, 2.05) is 0 Å². The van der Waals surface area contributed by atoms with Crippen molar-refractivity contribution in [3.05, 3.63) is 0 Å². The lowest BCUT2D eigenvalue weighted by Crippen LogP contribution is -2.24. The Morgan fingerprint density at radius 1 is 1.58 bits per heavy atom. The van der Waals surface area contributed by atoms with Crippen molar-refractivity contribution in [2.24, 2.45) is 5.92 Å². The molecule has 0 saturated heterocycles. The van der Waals surface area contributed by atoms with Gasteiger partial charge in [-0.15, -0.1) is 0 Å². The lowest BCUT2D eigenvalue weighted by molar-refractivity contribution is -0.144. The van der Waals surface area contributed by atoms with E-state index >= 15 is 0 Å². The Bertz CT molecular complexity index is 186. The van der Waals surface area contributed by atoms with E-state index in [-0.39, 0.29) is 24.3 Å². The average molecular weight is 170 g/mol. The third-order valence-corrected chi connectivity index (χ3v) is 2.17. The fourth-order valence-corrected chi connectivity index (χ4v) is 1.45. The molecule has 0 amide bonds. The molecule has 0 N–H and O–H groups in total. The Hall–Kier alpha value is -0.860. The minimum atomic E-state index is -0.298. The summed E-state index contributed by atoms with van der Waals surface area (Å²) in [5, 5.41) is 0. The van der Waals surface area contributed by atoms with Crippen LogP contribution in [-0.4, -0.2) is 18.4 Å². The first-order chi connectivity index (χ1) is 5.70. The van der Waals surface area contributed by atoms with E-state index < -0.39 is 0 Å². The summed E-state index contributed by atoms with van der Waals surface area (Å²) >= 11 is 0. The quantitative estimate of drug-likeness (QED) is 0.587. The zero-order valence-electron chi connectivity index (χ0n) is 7.34. The number of carbonyl (C=O) groups is 2. The number of Topliss-reactive ketones (excluding diaryl/α,β-unsaturated/α-hetero) is 1. The van der Waals surface area contributed by atoms with Gasteiger partial charge in [-0.2, -0.15) is 0 Å². The van der Waals surface area contributed by atoms with Crippen molar-refractivity contribution in [3.8, 4) is 0 Å². The second kappa shape index (κ2) is 4.24. The van der Waals surface area contributed by atoms with Crippen LogP contribution in [-0.2, 0) is 14.3 Å². The molecule has 12 heavy (non-hydrogen) atoms. The van der Waals surface area contributed by atoms with Crippen LogP contribution < -0.4 is 0 Å². The molecule has 68 valence electrons. The zero-order chi connectivity index (χ0) is 8.97. The van der Waals surface area contributed by atoms with E-state index in [2.05, 4.69) is 0 Å². The monoisotopic (exact) mass is 170 g/mol. The largest absolute Gasteiger partial charge is 0.465 e. The fourth-order valence-electron chi connectivity index (χ4n) is 1.45. The van der Waals surface area contributed by atoms with Gasteiger partial charge >= 0.3 is 5.97 Å². The van der Waals surface area contributed by atoms with Gasteiger partial charge in [0.25, 0.3) is 0 Å². The van der Waals surface area contributed by atoms with E-state index in [9.17, 15) is 9.59 Å². The second-order valence-electron chi connectivity index (χ2n) is 3.21. The van der Waals surface area contributed by atoms with Crippen LogP contribution in [0, 0.1) is 5.92 Å². The second-order valence-corrected chi connectivity index (χ2v) is 3.21. The van der Waals surface area contributed by atoms with Crippen molar-refractivity contribution in [2.45, 2.75) is 32.6 Å². The maximum absolute atomic E-state index is 11.2. The van der Waals surface area contributed by atoms with E-state index in [4.69, 9.17) is 4.74 Å². The highest BCUT2D eigenvalue weighted by molar-refractivity contribution is 5.82.